The molecule has 0 radical (unpaired) electrons. The Morgan fingerprint density at radius 3 is 2.53 bits per heavy atom. The number of hydrogen-bond donors (Lipinski definition) is 2. The van der Waals surface area contributed by atoms with Crippen molar-refractivity contribution in [2.24, 2.45) is 5.92 Å². The van der Waals surface area contributed by atoms with E-state index in [4.69, 9.17) is 10.5 Å². The van der Waals surface area contributed by atoms with Gasteiger partial charge in [-0.3, -0.25) is 23.9 Å². The van der Waals surface area contributed by atoms with E-state index >= 15 is 0 Å². The summed E-state index contributed by atoms with van der Waals surface area (Å²) in [5, 5.41) is 0. The Kier molecular flexibility index (Phi) is 9.14. The predicted octanol–water partition coefficient (Wildman–Crippen LogP) is 2.18. The number of H-pyrrole nitrogens is 1. The number of nitrogen functional groups attached to an aromatic ring is 1. The molecule has 1 aliphatic carbocycles. The van der Waals surface area contributed by atoms with Crippen molar-refractivity contribution in [2.45, 2.75) is 78.2 Å². The van der Waals surface area contributed by atoms with Gasteiger partial charge in [0.15, 0.2) is 12.3 Å². The number of amides is 1. The number of hydrogen-bond acceptors (Lipinski definition) is 6. The third-order valence-corrected chi connectivity index (χ3v) is 5.56. The van der Waals surface area contributed by atoms with Gasteiger partial charge in [0.1, 0.15) is 5.82 Å². The normalized spacial score (nSPS) is 14.1. The second kappa shape index (κ2) is 11.6. The van der Waals surface area contributed by atoms with Crippen LogP contribution in [0.25, 0.3) is 0 Å². The summed E-state index contributed by atoms with van der Waals surface area (Å²) in [5.41, 5.74) is 4.70. The van der Waals surface area contributed by atoms with E-state index in [0.717, 1.165) is 25.7 Å². The Bertz CT molecular complexity index is 839. The van der Waals surface area contributed by atoms with Crippen molar-refractivity contribution in [3.63, 3.8) is 0 Å². The number of carbonyl (C=O) groups excluding carboxylic acids is 2. The first-order chi connectivity index (χ1) is 14.4. The minimum absolute atomic E-state index is 0.0531. The van der Waals surface area contributed by atoms with Crippen molar-refractivity contribution in [1.82, 2.24) is 9.55 Å². The van der Waals surface area contributed by atoms with Crippen molar-refractivity contribution < 1.29 is 14.3 Å². The minimum Gasteiger partial charge on any atom is -0.456 e. The van der Waals surface area contributed by atoms with Gasteiger partial charge in [0.25, 0.3) is 11.5 Å². The van der Waals surface area contributed by atoms with Crippen LogP contribution < -0.4 is 21.9 Å². The lowest BCUT2D eigenvalue weighted by atomic mass is 10.0. The fourth-order valence-electron chi connectivity index (χ4n) is 3.87. The molecule has 9 nitrogen and oxygen atoms in total. The smallest absolute Gasteiger partial charge is 0.330 e. The summed E-state index contributed by atoms with van der Waals surface area (Å²) in [4.78, 5) is 52.9. The molecule has 30 heavy (non-hydrogen) atoms. The van der Waals surface area contributed by atoms with Crippen molar-refractivity contribution in [2.75, 3.05) is 23.8 Å². The average Bonchev–Trinajstić information content (AvgIpc) is 3.23. The van der Waals surface area contributed by atoms with Gasteiger partial charge in [-0.15, -0.1) is 0 Å². The second-order valence-corrected chi connectivity index (χ2v) is 7.89. The number of carbonyl (C=O) groups is 2. The van der Waals surface area contributed by atoms with E-state index in [9.17, 15) is 19.2 Å². The summed E-state index contributed by atoms with van der Waals surface area (Å²) in [6, 6.07) is 0. The van der Waals surface area contributed by atoms with Crippen LogP contribution in [-0.4, -0.2) is 34.6 Å². The molecule has 1 saturated carbocycles. The molecule has 1 aromatic heterocycles. The number of rotatable bonds is 11. The van der Waals surface area contributed by atoms with Gasteiger partial charge in [0.2, 0.25) is 0 Å². The highest BCUT2D eigenvalue weighted by atomic mass is 16.5. The van der Waals surface area contributed by atoms with Crippen LogP contribution in [0.5, 0.6) is 0 Å². The second-order valence-electron chi connectivity index (χ2n) is 7.89. The Labute approximate surface area is 176 Å². The topological polar surface area (TPSA) is 127 Å². The number of aromatic amines is 1. The molecule has 1 aliphatic rings. The lowest BCUT2D eigenvalue weighted by Gasteiger charge is -2.24. The zero-order valence-corrected chi connectivity index (χ0v) is 18.1. The van der Waals surface area contributed by atoms with Crippen LogP contribution in [0, 0.1) is 5.92 Å². The molecule has 2 rings (SSSR count). The third-order valence-electron chi connectivity index (χ3n) is 5.56. The van der Waals surface area contributed by atoms with Gasteiger partial charge < -0.3 is 15.4 Å². The summed E-state index contributed by atoms with van der Waals surface area (Å²) in [7, 11) is 0. The number of nitrogens with two attached hydrogens (primary N) is 1. The Morgan fingerprint density at radius 2 is 1.90 bits per heavy atom. The van der Waals surface area contributed by atoms with Crippen LogP contribution in [0.15, 0.2) is 9.59 Å². The first-order valence-corrected chi connectivity index (χ1v) is 11.0. The van der Waals surface area contributed by atoms with Crippen molar-refractivity contribution in [1.29, 1.82) is 0 Å². The first-order valence-electron chi connectivity index (χ1n) is 11.0. The molecule has 0 unspecified atom stereocenters. The van der Waals surface area contributed by atoms with Crippen LogP contribution >= 0.6 is 0 Å². The number of nitrogens with one attached hydrogen (secondary N) is 1. The molecule has 0 bridgehead atoms. The molecule has 1 heterocycles. The molecule has 168 valence electrons. The number of ether oxygens (including phenoxy) is 1. The summed E-state index contributed by atoms with van der Waals surface area (Å²) in [5.74, 6) is -0.435. The summed E-state index contributed by atoms with van der Waals surface area (Å²) >= 11 is 0. The van der Waals surface area contributed by atoms with E-state index in [-0.39, 0.29) is 24.5 Å². The number of nitrogens with zero attached hydrogens (tertiary/aromatic N) is 2. The zero-order valence-electron chi connectivity index (χ0n) is 18.1. The van der Waals surface area contributed by atoms with E-state index in [1.807, 2.05) is 13.8 Å². The Hall–Kier alpha value is -2.58. The van der Waals surface area contributed by atoms with Crippen LogP contribution in [-0.2, 0) is 20.9 Å². The number of aromatic nitrogens is 2. The molecule has 1 aromatic rings. The highest BCUT2D eigenvalue weighted by Crippen LogP contribution is 2.28. The van der Waals surface area contributed by atoms with Gasteiger partial charge in [-0.2, -0.15) is 0 Å². The number of unbranched alkanes of at least 4 members (excludes halogenated alkanes) is 1. The van der Waals surface area contributed by atoms with Crippen molar-refractivity contribution in [3.8, 4) is 0 Å². The summed E-state index contributed by atoms with van der Waals surface area (Å²) < 4.78 is 6.42. The molecule has 1 amide bonds. The number of esters is 1. The van der Waals surface area contributed by atoms with Crippen molar-refractivity contribution in [3.05, 3.63) is 20.8 Å². The van der Waals surface area contributed by atoms with Gasteiger partial charge in [-0.1, -0.05) is 46.0 Å². The molecule has 1 fully saturated rings. The maximum Gasteiger partial charge on any atom is 0.330 e. The maximum absolute atomic E-state index is 12.8. The zero-order chi connectivity index (χ0) is 22.1. The van der Waals surface area contributed by atoms with Crippen LogP contribution in [0.4, 0.5) is 11.5 Å². The Morgan fingerprint density at radius 1 is 1.20 bits per heavy atom. The van der Waals surface area contributed by atoms with E-state index in [1.54, 1.807) is 0 Å². The molecule has 0 aromatic carbocycles. The SMILES string of the molecule is CCCCN(C(=O)COC(=O)CCC1CCCC1)c1c(N)n(CCC)c(=O)[nH]c1=O. The molecular formula is C21H34N4O5. The number of anilines is 2. The molecular weight excluding hydrogens is 388 g/mol. The van der Waals surface area contributed by atoms with Crippen LogP contribution in [0.3, 0.4) is 0 Å². The van der Waals surface area contributed by atoms with Crippen LogP contribution in [0.2, 0.25) is 0 Å². The lowest BCUT2D eigenvalue weighted by Crippen LogP contribution is -2.43. The Balaban J connectivity index is 2.11. The highest BCUT2D eigenvalue weighted by molar-refractivity contribution is 5.97. The van der Waals surface area contributed by atoms with Crippen molar-refractivity contribution >= 4 is 23.4 Å². The first kappa shape index (κ1) is 23.7. The van der Waals surface area contributed by atoms with E-state index < -0.39 is 29.7 Å². The van der Waals surface area contributed by atoms with Gasteiger partial charge in [0, 0.05) is 19.5 Å². The molecule has 0 spiro atoms. The van der Waals surface area contributed by atoms with Gasteiger partial charge in [-0.25, -0.2) is 4.79 Å². The fourth-order valence-corrected chi connectivity index (χ4v) is 3.87. The quantitative estimate of drug-likeness (QED) is 0.526. The largest absolute Gasteiger partial charge is 0.456 e. The van der Waals surface area contributed by atoms with Gasteiger partial charge in [0.05, 0.1) is 0 Å². The minimum atomic E-state index is -0.720. The van der Waals surface area contributed by atoms with E-state index in [1.165, 1.54) is 22.3 Å². The molecule has 0 saturated heterocycles. The lowest BCUT2D eigenvalue weighted by molar-refractivity contribution is -0.148. The molecule has 0 atom stereocenters. The summed E-state index contributed by atoms with van der Waals surface area (Å²) in [6.45, 7) is 3.94. The highest BCUT2D eigenvalue weighted by Gasteiger charge is 2.25. The predicted molar refractivity (Wildman–Crippen MR) is 115 cm³/mol. The third kappa shape index (κ3) is 6.21. The monoisotopic (exact) mass is 422 g/mol. The molecule has 0 aliphatic heterocycles. The van der Waals surface area contributed by atoms with E-state index in [0.29, 0.717) is 25.3 Å². The van der Waals surface area contributed by atoms with Gasteiger partial charge >= 0.3 is 11.7 Å². The molecule has 9 heteroatoms. The average molecular weight is 423 g/mol. The van der Waals surface area contributed by atoms with Crippen LogP contribution in [0.1, 0.15) is 71.6 Å². The standard InChI is InChI=1S/C21H34N4O5/c1-3-5-13-24(18-19(22)25(12-4-2)21(29)23-20(18)28)16(26)14-30-17(27)11-10-15-8-6-7-9-15/h15H,3-14,22H2,1-2H3,(H,23,28,29). The van der Waals surface area contributed by atoms with Gasteiger partial charge in [-0.05, 0) is 25.2 Å². The summed E-state index contributed by atoms with van der Waals surface area (Å²) in [6.07, 6.45) is 7.83. The fraction of sp³-hybridized carbons (Fsp3) is 0.714. The molecule has 3 N–H and O–H groups in total. The van der Waals surface area contributed by atoms with E-state index in [2.05, 4.69) is 4.98 Å². The maximum atomic E-state index is 12.8.